The van der Waals surface area contributed by atoms with E-state index in [2.05, 4.69) is 21.6 Å². The molecule has 10 nitrogen and oxygen atoms in total. The number of hydrogen-bond donors (Lipinski definition) is 2. The summed E-state index contributed by atoms with van der Waals surface area (Å²) in [5.41, 5.74) is 5.62. The van der Waals surface area contributed by atoms with Crippen LogP contribution in [0.1, 0.15) is 70.4 Å². The molecule has 3 heterocycles. The van der Waals surface area contributed by atoms with E-state index >= 15 is 0 Å². The molecule has 258 valence electrons. The van der Waals surface area contributed by atoms with E-state index in [0.29, 0.717) is 56.5 Å². The molecule has 0 radical (unpaired) electrons. The Morgan fingerprint density at radius 3 is 2.49 bits per heavy atom. The second-order valence-corrected chi connectivity index (χ2v) is 13.9. The fourth-order valence-corrected chi connectivity index (χ4v) is 7.92. The van der Waals surface area contributed by atoms with Crippen LogP contribution in [0.15, 0.2) is 59.5 Å². The third-order valence-corrected chi connectivity index (χ3v) is 10.8. The van der Waals surface area contributed by atoms with Gasteiger partial charge in [0.2, 0.25) is 5.91 Å². The van der Waals surface area contributed by atoms with Gasteiger partial charge in [-0.05, 0) is 87.4 Å². The van der Waals surface area contributed by atoms with Crippen LogP contribution >= 0.6 is 11.3 Å². The van der Waals surface area contributed by atoms with Gasteiger partial charge in [-0.15, -0.1) is 11.3 Å². The summed E-state index contributed by atoms with van der Waals surface area (Å²) in [5.74, 6) is 0.160. The highest BCUT2D eigenvalue weighted by molar-refractivity contribution is 7.14. The number of anilines is 3. The van der Waals surface area contributed by atoms with Crippen LogP contribution in [-0.4, -0.2) is 70.6 Å². The fraction of sp³-hybridized carbons (Fsp3) is 0.421. The number of likely N-dealkylation sites (N-methyl/N-ethyl adjacent to an activating group) is 1. The average molecular weight is 683 g/mol. The smallest absolute Gasteiger partial charge is 0.293 e. The summed E-state index contributed by atoms with van der Waals surface area (Å²) in [7, 11) is 1.70. The van der Waals surface area contributed by atoms with Crippen molar-refractivity contribution in [2.45, 2.75) is 58.9 Å². The first-order chi connectivity index (χ1) is 23.8. The van der Waals surface area contributed by atoms with Gasteiger partial charge in [0.05, 0.1) is 23.8 Å². The molecule has 2 aromatic heterocycles. The number of rotatable bonds is 10. The molecule has 2 aromatic carbocycles. The number of nitrogens with one attached hydrogen (secondary N) is 2. The van der Waals surface area contributed by atoms with E-state index in [-0.39, 0.29) is 23.2 Å². The van der Waals surface area contributed by atoms with Crippen molar-refractivity contribution in [1.82, 2.24) is 19.4 Å². The Bertz CT molecular complexity index is 1830. The Balaban J connectivity index is 1.23. The molecule has 0 spiro atoms. The molecule has 1 atom stereocenters. The van der Waals surface area contributed by atoms with Crippen LogP contribution in [0.2, 0.25) is 0 Å². The largest absolute Gasteiger partial charge is 0.379 e. The molecule has 1 saturated heterocycles. The van der Waals surface area contributed by atoms with Gasteiger partial charge in [-0.3, -0.25) is 19.3 Å². The number of amides is 2. The maximum atomic E-state index is 13.6. The Hall–Kier alpha value is -4.32. The second-order valence-electron chi connectivity index (χ2n) is 12.8. The second kappa shape index (κ2) is 15.5. The Labute approximate surface area is 292 Å². The predicted molar refractivity (Wildman–Crippen MR) is 196 cm³/mol. The van der Waals surface area contributed by atoms with Crippen molar-refractivity contribution in [2.24, 2.45) is 7.05 Å². The molecule has 2 aliphatic rings. The van der Waals surface area contributed by atoms with Crippen molar-refractivity contribution in [2.75, 3.05) is 50.0 Å². The summed E-state index contributed by atoms with van der Waals surface area (Å²) in [4.78, 5) is 51.1. The first-order valence-corrected chi connectivity index (χ1v) is 18.2. The van der Waals surface area contributed by atoms with Gasteiger partial charge >= 0.3 is 0 Å². The van der Waals surface area contributed by atoms with Gasteiger partial charge in [0, 0.05) is 61.2 Å². The topological polar surface area (TPSA) is 109 Å². The van der Waals surface area contributed by atoms with E-state index in [1.165, 1.54) is 34.3 Å². The number of fused-ring (bicyclic) bond motifs is 1. The van der Waals surface area contributed by atoms with Gasteiger partial charge < -0.3 is 24.8 Å². The molecule has 0 saturated carbocycles. The standard InChI is InChI=1S/C38H46N6O4S/c1-5-43(6-2)37(46)34(44-19-21-48-22-20-44)26-15-17-28(18-16-26)39-35-38(47)42(4)24-31(40-35)29-12-10-13-30(25(29)3)41-36(45)33-23-27-11-8-7-9-14-32(27)49-33/h10,12-13,15-18,23-24,34H,5-9,11,14,19-22H2,1-4H3,(H,39,40)(H,41,45). The van der Waals surface area contributed by atoms with Gasteiger partial charge in [0.15, 0.2) is 5.82 Å². The minimum Gasteiger partial charge on any atom is -0.379 e. The zero-order chi connectivity index (χ0) is 34.5. The van der Waals surface area contributed by atoms with Gasteiger partial charge in [-0.1, -0.05) is 30.7 Å². The number of hydrogen-bond acceptors (Lipinski definition) is 8. The first kappa shape index (κ1) is 34.5. The lowest BCUT2D eigenvalue weighted by Crippen LogP contribution is -2.47. The highest BCUT2D eigenvalue weighted by atomic mass is 32.1. The molecule has 49 heavy (non-hydrogen) atoms. The first-order valence-electron chi connectivity index (χ1n) is 17.4. The zero-order valence-corrected chi connectivity index (χ0v) is 29.7. The lowest BCUT2D eigenvalue weighted by Gasteiger charge is -2.36. The molecular weight excluding hydrogens is 637 g/mol. The molecule has 1 aliphatic carbocycles. The quantitative estimate of drug-likeness (QED) is 0.189. The molecule has 1 unspecified atom stereocenters. The molecule has 1 fully saturated rings. The fourth-order valence-electron chi connectivity index (χ4n) is 6.77. The lowest BCUT2D eigenvalue weighted by molar-refractivity contribution is -0.138. The predicted octanol–water partition coefficient (Wildman–Crippen LogP) is 6.32. The van der Waals surface area contributed by atoms with Gasteiger partial charge in [0.1, 0.15) is 6.04 Å². The highest BCUT2D eigenvalue weighted by Gasteiger charge is 2.31. The number of nitrogens with zero attached hydrogens (tertiary/aromatic N) is 4. The van der Waals surface area contributed by atoms with Crippen LogP contribution in [0.3, 0.4) is 0 Å². The van der Waals surface area contributed by atoms with E-state index in [1.54, 1.807) is 24.6 Å². The Morgan fingerprint density at radius 1 is 1.02 bits per heavy atom. The number of aryl methyl sites for hydroxylation is 3. The summed E-state index contributed by atoms with van der Waals surface area (Å²) in [6, 6.07) is 15.1. The normalized spacial score (nSPS) is 15.6. The van der Waals surface area contributed by atoms with Crippen molar-refractivity contribution < 1.29 is 14.3 Å². The third-order valence-electron chi connectivity index (χ3n) is 9.61. The van der Waals surface area contributed by atoms with E-state index in [4.69, 9.17) is 9.72 Å². The minimum atomic E-state index is -0.405. The molecule has 11 heteroatoms. The van der Waals surface area contributed by atoms with Crippen LogP contribution in [0.4, 0.5) is 17.2 Å². The van der Waals surface area contributed by atoms with Gasteiger partial charge in [-0.2, -0.15) is 0 Å². The molecule has 2 amide bonds. The maximum Gasteiger partial charge on any atom is 0.293 e. The van der Waals surface area contributed by atoms with E-state index in [9.17, 15) is 14.4 Å². The summed E-state index contributed by atoms with van der Waals surface area (Å²) in [6.07, 6.45) is 7.40. The number of thiophene rings is 1. The van der Waals surface area contributed by atoms with Crippen LogP contribution in [0, 0.1) is 6.92 Å². The lowest BCUT2D eigenvalue weighted by atomic mass is 10.0. The van der Waals surface area contributed by atoms with Crippen molar-refractivity contribution in [3.8, 4) is 11.3 Å². The van der Waals surface area contributed by atoms with Crippen LogP contribution < -0.4 is 16.2 Å². The summed E-state index contributed by atoms with van der Waals surface area (Å²) < 4.78 is 7.07. The van der Waals surface area contributed by atoms with Crippen molar-refractivity contribution >= 4 is 40.3 Å². The number of ether oxygens (including phenoxy) is 1. The Kier molecular flexibility index (Phi) is 10.9. The van der Waals surface area contributed by atoms with Crippen LogP contribution in [0.25, 0.3) is 11.3 Å². The monoisotopic (exact) mass is 682 g/mol. The molecule has 6 rings (SSSR count). The van der Waals surface area contributed by atoms with E-state index in [1.807, 2.05) is 68.1 Å². The molecule has 1 aliphatic heterocycles. The minimum absolute atomic E-state index is 0.0783. The van der Waals surface area contributed by atoms with Crippen molar-refractivity contribution in [3.05, 3.63) is 91.5 Å². The zero-order valence-electron chi connectivity index (χ0n) is 28.9. The van der Waals surface area contributed by atoms with Gasteiger partial charge in [0.25, 0.3) is 11.5 Å². The average Bonchev–Trinajstić information content (AvgIpc) is 3.39. The number of carbonyl (C=O) groups is 2. The Morgan fingerprint density at radius 2 is 1.76 bits per heavy atom. The van der Waals surface area contributed by atoms with Crippen LogP contribution in [0.5, 0.6) is 0 Å². The molecule has 4 aromatic rings. The summed E-state index contributed by atoms with van der Waals surface area (Å²) in [6.45, 7) is 9.80. The van der Waals surface area contributed by atoms with Crippen molar-refractivity contribution in [3.63, 3.8) is 0 Å². The number of morpholine rings is 1. The van der Waals surface area contributed by atoms with E-state index in [0.717, 1.165) is 34.4 Å². The van der Waals surface area contributed by atoms with Crippen molar-refractivity contribution in [1.29, 1.82) is 0 Å². The molecule has 2 N–H and O–H groups in total. The van der Waals surface area contributed by atoms with Crippen LogP contribution in [-0.2, 0) is 29.4 Å². The SMILES string of the molecule is CCN(CC)C(=O)C(c1ccc(Nc2nc(-c3cccc(NC(=O)c4cc5c(s4)CCCCC5)c3C)cn(C)c2=O)cc1)N1CCOCC1. The highest BCUT2D eigenvalue weighted by Crippen LogP contribution is 2.32. The number of aromatic nitrogens is 2. The summed E-state index contributed by atoms with van der Waals surface area (Å²) in [5, 5.41) is 6.34. The molecular formula is C38H46N6O4S. The summed E-state index contributed by atoms with van der Waals surface area (Å²) >= 11 is 1.61. The van der Waals surface area contributed by atoms with Gasteiger partial charge in [-0.25, -0.2) is 4.98 Å². The third kappa shape index (κ3) is 7.64. The number of benzene rings is 2. The van der Waals surface area contributed by atoms with E-state index < -0.39 is 6.04 Å². The number of carbonyl (C=O) groups excluding carboxylic acids is 2. The molecule has 0 bridgehead atoms. The maximum absolute atomic E-state index is 13.6.